The Morgan fingerprint density at radius 1 is 1.07 bits per heavy atom. The van der Waals surface area contributed by atoms with Gasteiger partial charge in [0.15, 0.2) is 17.4 Å². The molecule has 1 N–H and O–H groups in total. The molecule has 42 heavy (non-hydrogen) atoms. The first-order valence-electron chi connectivity index (χ1n) is 14.1. The molecule has 2 fully saturated rings. The van der Waals surface area contributed by atoms with Crippen LogP contribution >= 0.6 is 15.9 Å². The van der Waals surface area contributed by atoms with Gasteiger partial charge in [0.1, 0.15) is 16.1 Å². The molecule has 10 nitrogen and oxygen atoms in total. The Hall–Kier alpha value is -3.83. The van der Waals surface area contributed by atoms with Crippen LogP contribution < -0.4 is 5.32 Å². The van der Waals surface area contributed by atoms with E-state index in [1.54, 1.807) is 19.3 Å². The summed E-state index contributed by atoms with van der Waals surface area (Å²) in [5, 5.41) is 8.49. The molecule has 4 aromatic rings. The number of likely N-dealkylation sites (tertiary alicyclic amines) is 1. The highest BCUT2D eigenvalue weighted by Gasteiger charge is 2.62. The van der Waals surface area contributed by atoms with Crippen LogP contribution in [0.4, 0.5) is 5.82 Å². The number of halogens is 1. The first-order chi connectivity index (χ1) is 20.1. The number of aryl methyl sites for hydroxylation is 1. The highest BCUT2D eigenvalue weighted by Crippen LogP contribution is 2.59. The van der Waals surface area contributed by atoms with Crippen molar-refractivity contribution < 1.29 is 14.4 Å². The van der Waals surface area contributed by atoms with E-state index >= 15 is 0 Å². The van der Waals surface area contributed by atoms with Crippen LogP contribution in [-0.2, 0) is 11.3 Å². The lowest BCUT2D eigenvalue weighted by Gasteiger charge is -2.26. The zero-order valence-corrected chi connectivity index (χ0v) is 25.6. The molecule has 1 saturated heterocycles. The van der Waals surface area contributed by atoms with E-state index in [2.05, 4.69) is 48.0 Å². The highest BCUT2D eigenvalue weighted by molar-refractivity contribution is 9.10. The number of fused-ring (bicyclic) bond motifs is 2. The summed E-state index contributed by atoms with van der Waals surface area (Å²) < 4.78 is 2.54. The van der Waals surface area contributed by atoms with Gasteiger partial charge in [0.25, 0.3) is 0 Å². The van der Waals surface area contributed by atoms with Crippen LogP contribution in [0.25, 0.3) is 22.0 Å². The van der Waals surface area contributed by atoms with Crippen LogP contribution in [0.2, 0.25) is 0 Å². The Balaban J connectivity index is 1.24. The van der Waals surface area contributed by atoms with Gasteiger partial charge in [-0.2, -0.15) is 5.10 Å². The molecule has 0 spiro atoms. The van der Waals surface area contributed by atoms with Crippen molar-refractivity contribution in [3.05, 3.63) is 64.4 Å². The minimum absolute atomic E-state index is 0.0506. The number of hydrogen-bond acceptors (Lipinski definition) is 8. The molecule has 1 amide bonds. The van der Waals surface area contributed by atoms with Gasteiger partial charge in [-0.1, -0.05) is 26.0 Å². The van der Waals surface area contributed by atoms with E-state index in [9.17, 15) is 14.4 Å². The molecule has 0 bridgehead atoms. The monoisotopic (exact) mass is 629 g/mol. The Morgan fingerprint density at radius 3 is 2.55 bits per heavy atom. The maximum absolute atomic E-state index is 13.5. The molecule has 4 heterocycles. The predicted octanol–water partition coefficient (Wildman–Crippen LogP) is 5.25. The molecule has 6 rings (SSSR count). The zero-order valence-electron chi connectivity index (χ0n) is 24.0. The van der Waals surface area contributed by atoms with Gasteiger partial charge in [0.2, 0.25) is 5.91 Å². The summed E-state index contributed by atoms with van der Waals surface area (Å²) in [6.07, 6.45) is 5.47. The van der Waals surface area contributed by atoms with Gasteiger partial charge in [0, 0.05) is 49.3 Å². The standard InChI is InChI=1S/C31H32BrN7O3/c1-5-24(41)29-33-15-20(16-34-29)19-7-8-22-21(12-19)27(18(3)40)37-39(22)11-10-38-23(13-31(4)14-25(31)38)30(42)36-28-17(2)6-9-26(32)35-28/h6-9,12,15-16,23,25H,5,10-11,13-14H2,1-4H3,(H,35,36,42)/t23-,25+,31-/m0/s1. The van der Waals surface area contributed by atoms with E-state index in [1.807, 2.05) is 41.9 Å². The normalized spacial score (nSPS) is 21.4. The molecular weight excluding hydrogens is 598 g/mol. The number of nitrogens with zero attached hydrogens (tertiary/aromatic N) is 6. The number of carbonyl (C=O) groups excluding carboxylic acids is 3. The predicted molar refractivity (Wildman–Crippen MR) is 162 cm³/mol. The SMILES string of the molecule is CCC(=O)c1ncc(-c2ccc3c(c2)c(C(C)=O)nn3CCN2[C@H](C(=O)Nc3nc(Br)ccc3C)C[C@@]3(C)C[C@@H]23)cn1. The van der Waals surface area contributed by atoms with Crippen LogP contribution in [0, 0.1) is 12.3 Å². The van der Waals surface area contributed by atoms with Gasteiger partial charge < -0.3 is 5.32 Å². The summed E-state index contributed by atoms with van der Waals surface area (Å²) in [7, 11) is 0. The van der Waals surface area contributed by atoms with Crippen molar-refractivity contribution in [2.24, 2.45) is 5.41 Å². The van der Waals surface area contributed by atoms with Crippen LogP contribution in [0.5, 0.6) is 0 Å². The number of Topliss-reactive ketones (excluding diaryl/α,β-unsaturated/α-hetero) is 2. The Bertz CT molecular complexity index is 1730. The van der Waals surface area contributed by atoms with E-state index in [0.29, 0.717) is 41.7 Å². The van der Waals surface area contributed by atoms with Crippen molar-refractivity contribution in [2.45, 2.75) is 65.6 Å². The second-order valence-corrected chi connectivity index (χ2v) is 12.4. The van der Waals surface area contributed by atoms with Gasteiger partial charge in [-0.25, -0.2) is 15.0 Å². The Labute approximate surface area is 252 Å². The first-order valence-corrected chi connectivity index (χ1v) is 14.9. The van der Waals surface area contributed by atoms with Gasteiger partial charge in [-0.05, 0) is 70.4 Å². The van der Waals surface area contributed by atoms with Crippen LogP contribution in [0.15, 0.2) is 47.3 Å². The molecule has 0 radical (unpaired) electrons. The Kier molecular flexibility index (Phi) is 7.26. The van der Waals surface area contributed by atoms with Crippen molar-refractivity contribution in [3.8, 4) is 11.1 Å². The van der Waals surface area contributed by atoms with E-state index in [1.165, 1.54) is 6.92 Å². The number of benzene rings is 1. The minimum atomic E-state index is -0.266. The lowest BCUT2D eigenvalue weighted by molar-refractivity contribution is -0.121. The number of aromatic nitrogens is 5. The number of hydrogen-bond donors (Lipinski definition) is 1. The van der Waals surface area contributed by atoms with Gasteiger partial charge in [0.05, 0.1) is 18.1 Å². The lowest BCUT2D eigenvalue weighted by atomic mass is 10.0. The average Bonchev–Trinajstić information content (AvgIpc) is 3.36. The van der Waals surface area contributed by atoms with Gasteiger partial charge >= 0.3 is 0 Å². The zero-order chi connectivity index (χ0) is 29.8. The van der Waals surface area contributed by atoms with E-state index in [0.717, 1.165) is 40.4 Å². The second-order valence-electron chi connectivity index (χ2n) is 11.6. The number of pyridine rings is 1. The van der Waals surface area contributed by atoms with Crippen molar-refractivity contribution in [1.29, 1.82) is 0 Å². The van der Waals surface area contributed by atoms with Gasteiger partial charge in [-0.3, -0.25) is 24.0 Å². The van der Waals surface area contributed by atoms with E-state index < -0.39 is 0 Å². The second kappa shape index (κ2) is 10.8. The molecule has 216 valence electrons. The van der Waals surface area contributed by atoms with E-state index in [-0.39, 0.29) is 34.8 Å². The van der Waals surface area contributed by atoms with Crippen LogP contribution in [0.1, 0.15) is 66.7 Å². The summed E-state index contributed by atoms with van der Waals surface area (Å²) in [5.41, 5.74) is 3.86. The highest BCUT2D eigenvalue weighted by atomic mass is 79.9. The molecule has 3 atom stereocenters. The number of amides is 1. The smallest absolute Gasteiger partial charge is 0.242 e. The number of ketones is 2. The quantitative estimate of drug-likeness (QED) is 0.197. The molecular formula is C31H32BrN7O3. The van der Waals surface area contributed by atoms with Crippen LogP contribution in [-0.4, -0.2) is 65.7 Å². The lowest BCUT2D eigenvalue weighted by Crippen LogP contribution is -2.43. The van der Waals surface area contributed by atoms with Crippen molar-refractivity contribution in [1.82, 2.24) is 29.6 Å². The van der Waals surface area contributed by atoms with Crippen molar-refractivity contribution in [2.75, 3.05) is 11.9 Å². The first kappa shape index (κ1) is 28.3. The molecule has 2 aliphatic rings. The number of carbonyl (C=O) groups is 3. The third-order valence-electron chi connectivity index (χ3n) is 8.58. The maximum atomic E-state index is 13.5. The molecule has 1 aliphatic carbocycles. The topological polar surface area (TPSA) is 123 Å². The number of anilines is 1. The third kappa shape index (κ3) is 5.15. The summed E-state index contributed by atoms with van der Waals surface area (Å²) in [4.78, 5) is 53.1. The molecule has 1 aromatic carbocycles. The van der Waals surface area contributed by atoms with Crippen molar-refractivity contribution in [3.63, 3.8) is 0 Å². The Morgan fingerprint density at radius 2 is 1.83 bits per heavy atom. The van der Waals surface area contributed by atoms with Gasteiger partial charge in [-0.15, -0.1) is 0 Å². The summed E-state index contributed by atoms with van der Waals surface area (Å²) in [6, 6.07) is 9.68. The summed E-state index contributed by atoms with van der Waals surface area (Å²) in [6.45, 7) is 8.62. The fraction of sp³-hybridized carbons (Fsp3) is 0.387. The fourth-order valence-corrected chi connectivity index (χ4v) is 6.37. The summed E-state index contributed by atoms with van der Waals surface area (Å²) >= 11 is 3.39. The number of piperidine rings is 1. The number of rotatable bonds is 9. The maximum Gasteiger partial charge on any atom is 0.242 e. The van der Waals surface area contributed by atoms with Crippen molar-refractivity contribution >= 4 is 50.1 Å². The summed E-state index contributed by atoms with van der Waals surface area (Å²) in [5.74, 6) is 0.480. The van der Waals surface area contributed by atoms with E-state index in [4.69, 9.17) is 5.10 Å². The molecule has 1 aliphatic heterocycles. The third-order valence-corrected chi connectivity index (χ3v) is 9.02. The molecule has 0 unspecified atom stereocenters. The molecule has 3 aromatic heterocycles. The minimum Gasteiger partial charge on any atom is -0.309 e. The van der Waals surface area contributed by atoms with Crippen LogP contribution in [0.3, 0.4) is 0 Å². The fourth-order valence-electron chi connectivity index (χ4n) is 6.06. The molecule has 1 saturated carbocycles. The number of nitrogens with one attached hydrogen (secondary N) is 1. The molecule has 11 heteroatoms. The largest absolute Gasteiger partial charge is 0.309 e. The average molecular weight is 631 g/mol.